The van der Waals surface area contributed by atoms with Gasteiger partial charge in [-0.05, 0) is 48.7 Å². The van der Waals surface area contributed by atoms with Gasteiger partial charge in [0, 0.05) is 21.9 Å². The second-order valence-electron chi connectivity index (χ2n) is 7.81. The molecule has 1 fully saturated rings. The van der Waals surface area contributed by atoms with Gasteiger partial charge < -0.3 is 10.2 Å². The van der Waals surface area contributed by atoms with E-state index in [9.17, 15) is 14.4 Å². The van der Waals surface area contributed by atoms with Crippen LogP contribution < -0.4 is 5.32 Å². The summed E-state index contributed by atoms with van der Waals surface area (Å²) in [6, 6.07) is 21.1. The Hall–Kier alpha value is -3.45. The molecule has 1 aliphatic heterocycles. The maximum atomic E-state index is 13.3. The van der Waals surface area contributed by atoms with E-state index in [2.05, 4.69) is 36.5 Å². The van der Waals surface area contributed by atoms with E-state index >= 15 is 0 Å². The largest absolute Gasteiger partial charge is 0.333 e. The highest BCUT2D eigenvalue weighted by Gasteiger charge is 2.28. The van der Waals surface area contributed by atoms with Crippen LogP contribution in [0.2, 0.25) is 0 Å². The smallest absolute Gasteiger partial charge is 0.324 e. The Kier molecular flexibility index (Phi) is 6.66. The van der Waals surface area contributed by atoms with Gasteiger partial charge in [0.2, 0.25) is 5.91 Å². The molecule has 164 valence electrons. The summed E-state index contributed by atoms with van der Waals surface area (Å²) in [4.78, 5) is 42.3. The number of nitrogens with zero attached hydrogens (tertiary/aromatic N) is 2. The maximum Gasteiger partial charge on any atom is 0.324 e. The fourth-order valence-corrected chi connectivity index (χ4v) is 4.56. The Morgan fingerprint density at radius 3 is 2.38 bits per heavy atom. The standard InChI is InChI=1S/C25H25N3O3S/c1-18-7-12-22(32-18)17-27(14-13-19-5-3-2-4-6-19)24(30)21-10-8-20(9-11-21)16-28-23(29)15-26-25(28)31/h2-12H,13-17H2,1H3,(H,26,31). The van der Waals surface area contributed by atoms with Crippen LogP contribution in [-0.2, 0) is 24.3 Å². The van der Waals surface area contributed by atoms with Crippen molar-refractivity contribution in [3.05, 3.63) is 93.2 Å². The normalized spacial score (nSPS) is 13.3. The van der Waals surface area contributed by atoms with Gasteiger partial charge in [-0.15, -0.1) is 11.3 Å². The van der Waals surface area contributed by atoms with Crippen LogP contribution in [0.15, 0.2) is 66.7 Å². The number of nitrogens with one attached hydrogen (secondary N) is 1. The van der Waals surface area contributed by atoms with E-state index < -0.39 is 0 Å². The zero-order valence-corrected chi connectivity index (χ0v) is 18.7. The third-order valence-electron chi connectivity index (χ3n) is 5.42. The molecule has 1 aliphatic rings. The van der Waals surface area contributed by atoms with Crippen LogP contribution in [0.5, 0.6) is 0 Å². The van der Waals surface area contributed by atoms with Gasteiger partial charge in [0.05, 0.1) is 19.6 Å². The van der Waals surface area contributed by atoms with E-state index in [0.717, 1.165) is 16.9 Å². The van der Waals surface area contributed by atoms with Gasteiger partial charge >= 0.3 is 6.03 Å². The second kappa shape index (κ2) is 9.78. The molecule has 6 nitrogen and oxygen atoms in total. The van der Waals surface area contributed by atoms with Gasteiger partial charge in [-0.1, -0.05) is 42.5 Å². The van der Waals surface area contributed by atoms with Gasteiger partial charge in [-0.25, -0.2) is 4.79 Å². The number of urea groups is 1. The van der Waals surface area contributed by atoms with E-state index in [4.69, 9.17) is 0 Å². The average Bonchev–Trinajstić information content (AvgIpc) is 3.37. The minimum absolute atomic E-state index is 0.0338. The van der Waals surface area contributed by atoms with Gasteiger partial charge in [-0.2, -0.15) is 0 Å². The first-order valence-corrected chi connectivity index (χ1v) is 11.4. The van der Waals surface area contributed by atoms with Gasteiger partial charge in [-0.3, -0.25) is 14.5 Å². The minimum atomic E-state index is -0.381. The molecule has 4 rings (SSSR count). The van der Waals surface area contributed by atoms with Crippen LogP contribution >= 0.6 is 11.3 Å². The number of carbonyl (C=O) groups excluding carboxylic acids is 3. The molecule has 4 amide bonds. The number of hydrogen-bond donors (Lipinski definition) is 1. The Balaban J connectivity index is 1.47. The molecule has 2 heterocycles. The van der Waals surface area contributed by atoms with E-state index in [-0.39, 0.29) is 30.9 Å². The van der Waals surface area contributed by atoms with Crippen LogP contribution in [0.25, 0.3) is 0 Å². The molecular formula is C25H25N3O3S. The van der Waals surface area contributed by atoms with Gasteiger partial charge in [0.15, 0.2) is 0 Å². The molecule has 1 N–H and O–H groups in total. The van der Waals surface area contributed by atoms with Crippen molar-refractivity contribution in [3.63, 3.8) is 0 Å². The summed E-state index contributed by atoms with van der Waals surface area (Å²) in [7, 11) is 0. The van der Waals surface area contributed by atoms with Crippen molar-refractivity contribution in [1.82, 2.24) is 15.1 Å². The Labute approximate surface area is 191 Å². The molecule has 2 aromatic carbocycles. The monoisotopic (exact) mass is 447 g/mol. The highest BCUT2D eigenvalue weighted by Crippen LogP contribution is 2.20. The number of hydrogen-bond acceptors (Lipinski definition) is 4. The SMILES string of the molecule is Cc1ccc(CN(CCc2ccccc2)C(=O)c2ccc(CN3C(=O)CNC3=O)cc2)s1. The molecule has 0 spiro atoms. The Bertz CT molecular complexity index is 1090. The van der Waals surface area contributed by atoms with Crippen molar-refractivity contribution < 1.29 is 14.4 Å². The number of rotatable bonds is 8. The van der Waals surface area contributed by atoms with E-state index in [1.165, 1.54) is 15.3 Å². The summed E-state index contributed by atoms with van der Waals surface area (Å²) in [6.07, 6.45) is 0.779. The molecule has 3 aromatic rings. The first-order chi connectivity index (χ1) is 15.5. The van der Waals surface area contributed by atoms with Crippen LogP contribution in [0.3, 0.4) is 0 Å². The zero-order valence-electron chi connectivity index (χ0n) is 17.9. The van der Waals surface area contributed by atoms with E-state index in [1.54, 1.807) is 35.6 Å². The lowest BCUT2D eigenvalue weighted by atomic mass is 10.1. The summed E-state index contributed by atoms with van der Waals surface area (Å²) in [5.74, 6) is -0.276. The zero-order chi connectivity index (χ0) is 22.5. The minimum Gasteiger partial charge on any atom is -0.333 e. The van der Waals surface area contributed by atoms with Crippen molar-refractivity contribution >= 4 is 29.2 Å². The highest BCUT2D eigenvalue weighted by atomic mass is 32.1. The highest BCUT2D eigenvalue weighted by molar-refractivity contribution is 7.11. The van der Waals surface area contributed by atoms with Gasteiger partial charge in [0.25, 0.3) is 5.91 Å². The Morgan fingerprint density at radius 2 is 1.75 bits per heavy atom. The first-order valence-electron chi connectivity index (χ1n) is 10.6. The lowest BCUT2D eigenvalue weighted by Gasteiger charge is -2.23. The number of amides is 4. The molecule has 0 saturated carbocycles. The first kappa shape index (κ1) is 21.8. The van der Waals surface area contributed by atoms with Crippen molar-refractivity contribution in [2.24, 2.45) is 0 Å². The van der Waals surface area contributed by atoms with Crippen molar-refractivity contribution in [3.8, 4) is 0 Å². The molecule has 0 atom stereocenters. The maximum absolute atomic E-state index is 13.3. The van der Waals surface area contributed by atoms with Gasteiger partial charge in [0.1, 0.15) is 0 Å². The molecule has 32 heavy (non-hydrogen) atoms. The van der Waals surface area contributed by atoms with Crippen molar-refractivity contribution in [2.45, 2.75) is 26.4 Å². The number of carbonyl (C=O) groups is 3. The van der Waals surface area contributed by atoms with Crippen molar-refractivity contribution in [1.29, 1.82) is 0 Å². The lowest BCUT2D eigenvalue weighted by molar-refractivity contribution is -0.125. The summed E-state index contributed by atoms with van der Waals surface area (Å²) >= 11 is 1.70. The second-order valence-corrected chi connectivity index (χ2v) is 9.18. The molecule has 0 bridgehead atoms. The van der Waals surface area contributed by atoms with Crippen LogP contribution in [0.4, 0.5) is 4.79 Å². The summed E-state index contributed by atoms with van der Waals surface area (Å²) in [6.45, 7) is 3.48. The van der Waals surface area contributed by atoms with Crippen LogP contribution in [0, 0.1) is 6.92 Å². The average molecular weight is 448 g/mol. The number of benzene rings is 2. The van der Waals surface area contributed by atoms with Crippen molar-refractivity contribution in [2.75, 3.05) is 13.1 Å². The topological polar surface area (TPSA) is 69.7 Å². The summed E-state index contributed by atoms with van der Waals surface area (Å²) in [5, 5.41) is 2.51. The number of thiophene rings is 1. The lowest BCUT2D eigenvalue weighted by Crippen LogP contribution is -2.32. The van der Waals surface area contributed by atoms with Crippen LogP contribution in [-0.4, -0.2) is 40.7 Å². The third kappa shape index (κ3) is 5.23. The molecule has 0 unspecified atom stereocenters. The molecular weight excluding hydrogens is 422 g/mol. The predicted octanol–water partition coefficient (Wildman–Crippen LogP) is 3.99. The molecule has 1 saturated heterocycles. The fourth-order valence-electron chi connectivity index (χ4n) is 3.65. The summed E-state index contributed by atoms with van der Waals surface area (Å²) in [5.41, 5.74) is 2.58. The third-order valence-corrected chi connectivity index (χ3v) is 6.41. The Morgan fingerprint density at radius 1 is 1.00 bits per heavy atom. The number of imide groups is 1. The van der Waals surface area contributed by atoms with Crippen LogP contribution in [0.1, 0.15) is 31.2 Å². The predicted molar refractivity (Wildman–Crippen MR) is 124 cm³/mol. The van der Waals surface area contributed by atoms with E-state index in [0.29, 0.717) is 18.7 Å². The molecule has 1 aromatic heterocycles. The number of aryl methyl sites for hydroxylation is 1. The fraction of sp³-hybridized carbons (Fsp3) is 0.240. The summed E-state index contributed by atoms with van der Waals surface area (Å²) < 4.78 is 0. The quantitative estimate of drug-likeness (QED) is 0.531. The molecule has 7 heteroatoms. The molecule has 0 radical (unpaired) electrons. The van der Waals surface area contributed by atoms with E-state index in [1.807, 2.05) is 23.1 Å². The molecule has 0 aliphatic carbocycles.